The van der Waals surface area contributed by atoms with Crippen LogP contribution >= 0.6 is 15.9 Å². The third-order valence-corrected chi connectivity index (χ3v) is 3.34. The summed E-state index contributed by atoms with van der Waals surface area (Å²) < 4.78 is 5.43. The Morgan fingerprint density at radius 3 is 2.58 bits per heavy atom. The number of nitro benzene ring substituents is 1. The molecule has 0 aliphatic heterocycles. The first kappa shape index (κ1) is 15.6. The van der Waals surface area contributed by atoms with Gasteiger partial charge >= 0.3 is 5.97 Å². The number of nitrogens with zero attached hydrogens (tertiary/aromatic N) is 1. The lowest BCUT2D eigenvalue weighted by atomic mass is 10.1. The average Bonchev–Trinajstić information content (AvgIpc) is 2.27. The minimum absolute atomic E-state index is 0.147. The van der Waals surface area contributed by atoms with Crippen LogP contribution in [0.25, 0.3) is 0 Å². The molecule has 0 saturated heterocycles. The first-order valence-electron chi connectivity index (χ1n) is 5.96. The second kappa shape index (κ2) is 6.65. The lowest BCUT2D eigenvalue weighted by Gasteiger charge is -2.15. The maximum atomic E-state index is 12.0. The molecule has 0 aliphatic rings. The molecule has 1 aromatic carbocycles. The highest BCUT2D eigenvalue weighted by Gasteiger charge is 2.21. The summed E-state index contributed by atoms with van der Waals surface area (Å²) >= 11 is 3.08. The zero-order chi connectivity index (χ0) is 14.6. The van der Waals surface area contributed by atoms with Crippen LogP contribution in [0.1, 0.15) is 37.6 Å². The molecule has 104 valence electrons. The fourth-order valence-corrected chi connectivity index (χ4v) is 2.35. The molecule has 1 aromatic rings. The Morgan fingerprint density at radius 1 is 1.42 bits per heavy atom. The van der Waals surface area contributed by atoms with Crippen LogP contribution in [-0.4, -0.2) is 17.0 Å². The molecule has 0 bridgehead atoms. The Hall–Kier alpha value is -1.43. The van der Waals surface area contributed by atoms with Gasteiger partial charge in [-0.15, -0.1) is 0 Å². The van der Waals surface area contributed by atoms with Gasteiger partial charge in [-0.05, 0) is 41.3 Å². The minimum atomic E-state index is -0.552. The molecule has 0 N–H and O–H groups in total. The van der Waals surface area contributed by atoms with E-state index in [0.29, 0.717) is 5.92 Å². The van der Waals surface area contributed by atoms with Crippen molar-refractivity contribution in [3.05, 3.63) is 38.3 Å². The number of ether oxygens (including phenoxy) is 1. The van der Waals surface area contributed by atoms with E-state index in [2.05, 4.69) is 15.9 Å². The van der Waals surface area contributed by atoms with Gasteiger partial charge in [0, 0.05) is 6.07 Å². The molecule has 0 spiro atoms. The van der Waals surface area contributed by atoms with Crippen LogP contribution in [0.3, 0.4) is 0 Å². The number of halogens is 1. The number of hydrogen-bond acceptors (Lipinski definition) is 4. The van der Waals surface area contributed by atoms with Gasteiger partial charge in [-0.3, -0.25) is 10.1 Å². The number of esters is 1. The Balaban J connectivity index is 2.89. The predicted molar refractivity (Wildman–Crippen MR) is 75.1 cm³/mol. The second-order valence-electron chi connectivity index (χ2n) is 4.74. The van der Waals surface area contributed by atoms with Crippen molar-refractivity contribution < 1.29 is 14.5 Å². The normalized spacial score (nSPS) is 12.3. The first-order chi connectivity index (χ1) is 8.82. The van der Waals surface area contributed by atoms with Crippen molar-refractivity contribution in [2.45, 2.75) is 33.3 Å². The Bertz CT molecular complexity index is 488. The summed E-state index contributed by atoms with van der Waals surface area (Å²) in [7, 11) is 0. The van der Waals surface area contributed by atoms with Gasteiger partial charge in [0.05, 0.1) is 16.6 Å². The summed E-state index contributed by atoms with van der Waals surface area (Å²) in [5.74, 6) is -0.139. The molecule has 0 radical (unpaired) electrons. The summed E-state index contributed by atoms with van der Waals surface area (Å²) in [4.78, 5) is 22.2. The van der Waals surface area contributed by atoms with E-state index < -0.39 is 10.9 Å². The molecule has 0 amide bonds. The van der Waals surface area contributed by atoms with Gasteiger partial charge in [-0.25, -0.2) is 4.79 Å². The van der Waals surface area contributed by atoms with E-state index in [4.69, 9.17) is 4.74 Å². The molecule has 1 rings (SSSR count). The van der Waals surface area contributed by atoms with E-state index in [1.807, 2.05) is 20.8 Å². The Kier molecular flexibility index (Phi) is 5.47. The van der Waals surface area contributed by atoms with Crippen LogP contribution < -0.4 is 0 Å². The van der Waals surface area contributed by atoms with E-state index >= 15 is 0 Å². The van der Waals surface area contributed by atoms with Gasteiger partial charge in [-0.2, -0.15) is 0 Å². The number of carbonyl (C=O) groups is 1. The van der Waals surface area contributed by atoms with Crippen LogP contribution in [-0.2, 0) is 4.74 Å². The van der Waals surface area contributed by atoms with Crippen molar-refractivity contribution in [3.8, 4) is 0 Å². The third kappa shape index (κ3) is 4.31. The summed E-state index contributed by atoms with van der Waals surface area (Å²) in [5.41, 5.74) is 0.0239. The van der Waals surface area contributed by atoms with Crippen molar-refractivity contribution in [1.82, 2.24) is 0 Å². The lowest BCUT2D eigenvalue weighted by Crippen LogP contribution is -2.17. The fourth-order valence-electron chi connectivity index (χ4n) is 1.78. The molecule has 0 heterocycles. The molecule has 0 aromatic heterocycles. The van der Waals surface area contributed by atoms with E-state index in [9.17, 15) is 14.9 Å². The van der Waals surface area contributed by atoms with E-state index in [1.54, 1.807) is 0 Å². The molecule has 5 nitrogen and oxygen atoms in total. The molecule has 0 aliphatic carbocycles. The lowest BCUT2D eigenvalue weighted by molar-refractivity contribution is -0.385. The van der Waals surface area contributed by atoms with Crippen LogP contribution in [0.5, 0.6) is 0 Å². The summed E-state index contributed by atoms with van der Waals surface area (Å²) in [6.07, 6.45) is 0.525. The van der Waals surface area contributed by atoms with Crippen LogP contribution in [0.15, 0.2) is 22.7 Å². The van der Waals surface area contributed by atoms with Crippen LogP contribution in [0.4, 0.5) is 5.69 Å². The van der Waals surface area contributed by atoms with Gasteiger partial charge in [0.25, 0.3) is 5.69 Å². The summed E-state index contributed by atoms with van der Waals surface area (Å²) in [6, 6.07) is 4.30. The maximum absolute atomic E-state index is 12.0. The molecule has 0 fully saturated rings. The third-order valence-electron chi connectivity index (χ3n) is 2.51. The Labute approximate surface area is 120 Å². The molecular formula is C13H16BrNO4. The van der Waals surface area contributed by atoms with Crippen molar-refractivity contribution in [2.75, 3.05) is 0 Å². The molecule has 19 heavy (non-hydrogen) atoms. The van der Waals surface area contributed by atoms with Crippen LogP contribution in [0, 0.1) is 16.0 Å². The smallest absolute Gasteiger partial charge is 0.339 e. The quantitative estimate of drug-likeness (QED) is 0.466. The van der Waals surface area contributed by atoms with E-state index in [0.717, 1.165) is 6.42 Å². The van der Waals surface area contributed by atoms with Gasteiger partial charge in [-0.1, -0.05) is 19.9 Å². The molecule has 1 unspecified atom stereocenters. The fraction of sp³-hybridized carbons (Fsp3) is 0.462. The zero-order valence-electron chi connectivity index (χ0n) is 11.1. The van der Waals surface area contributed by atoms with Crippen molar-refractivity contribution in [2.24, 2.45) is 5.92 Å². The number of carbonyl (C=O) groups excluding carboxylic acids is 1. The molecule has 1 atom stereocenters. The zero-order valence-corrected chi connectivity index (χ0v) is 12.6. The molecule has 0 saturated carbocycles. The average molecular weight is 330 g/mol. The summed E-state index contributed by atoms with van der Waals surface area (Å²) in [6.45, 7) is 5.88. The van der Waals surface area contributed by atoms with Gasteiger partial charge < -0.3 is 4.74 Å². The monoisotopic (exact) mass is 329 g/mol. The minimum Gasteiger partial charge on any atom is -0.459 e. The van der Waals surface area contributed by atoms with Crippen molar-refractivity contribution >= 4 is 27.6 Å². The maximum Gasteiger partial charge on any atom is 0.339 e. The highest BCUT2D eigenvalue weighted by atomic mass is 79.9. The topological polar surface area (TPSA) is 69.4 Å². The van der Waals surface area contributed by atoms with Crippen molar-refractivity contribution in [3.63, 3.8) is 0 Å². The number of nitro groups is 1. The van der Waals surface area contributed by atoms with Gasteiger partial charge in [0.2, 0.25) is 0 Å². The molecular weight excluding hydrogens is 314 g/mol. The Morgan fingerprint density at radius 2 is 2.05 bits per heavy atom. The molecule has 6 heteroatoms. The number of benzene rings is 1. The first-order valence-corrected chi connectivity index (χ1v) is 6.76. The number of hydrogen-bond donors (Lipinski definition) is 0. The highest BCUT2D eigenvalue weighted by molar-refractivity contribution is 9.10. The standard InChI is InChI=1S/C13H16BrNO4/c1-8(2)7-9(3)19-13(16)10-5-4-6-11(12(10)14)15(17)18/h4-6,8-9H,7H2,1-3H3. The van der Waals surface area contributed by atoms with Gasteiger partial charge in [0.15, 0.2) is 0 Å². The van der Waals surface area contributed by atoms with E-state index in [-0.39, 0.29) is 21.8 Å². The van der Waals surface area contributed by atoms with E-state index in [1.165, 1.54) is 18.2 Å². The largest absolute Gasteiger partial charge is 0.459 e. The van der Waals surface area contributed by atoms with Gasteiger partial charge in [0.1, 0.15) is 4.47 Å². The SMILES string of the molecule is CC(C)CC(C)OC(=O)c1cccc([N+](=O)[O-])c1Br. The summed E-state index contributed by atoms with van der Waals surface area (Å²) in [5, 5.41) is 10.8. The van der Waals surface area contributed by atoms with Crippen LogP contribution in [0.2, 0.25) is 0 Å². The van der Waals surface area contributed by atoms with Crippen molar-refractivity contribution in [1.29, 1.82) is 0 Å². The highest BCUT2D eigenvalue weighted by Crippen LogP contribution is 2.29. The second-order valence-corrected chi connectivity index (χ2v) is 5.53. The number of rotatable bonds is 5. The predicted octanol–water partition coefficient (Wildman–Crippen LogP) is 3.95.